The minimum Gasteiger partial charge on any atom is -0.454 e. The van der Waals surface area contributed by atoms with Crippen molar-refractivity contribution in [2.75, 3.05) is 6.79 Å². The molecule has 0 aromatic heterocycles. The van der Waals surface area contributed by atoms with E-state index in [2.05, 4.69) is 15.8 Å². The van der Waals surface area contributed by atoms with Gasteiger partial charge in [-0.3, -0.25) is 19.7 Å². The molecule has 3 aromatic rings. The molecule has 0 saturated carbocycles. The fourth-order valence-electron chi connectivity index (χ4n) is 3.05. The smallest absolute Gasteiger partial charge is 0.287 e. The summed E-state index contributed by atoms with van der Waals surface area (Å²) in [6.07, 6.45) is 2.70. The molecule has 0 fully saturated rings. The molecule has 0 bridgehead atoms. The third-order valence-corrected chi connectivity index (χ3v) is 5.13. The van der Waals surface area contributed by atoms with Crippen molar-refractivity contribution in [3.8, 4) is 11.5 Å². The fraction of sp³-hybridized carbons (Fsp3) is 0.0417. The number of hydrazone groups is 1. The summed E-state index contributed by atoms with van der Waals surface area (Å²) in [4.78, 5) is 35.9. The molecule has 176 valence electrons. The molecule has 1 heterocycles. The number of nitro benzene ring substituents is 1. The minimum absolute atomic E-state index is 0.0842. The van der Waals surface area contributed by atoms with Gasteiger partial charge in [0.2, 0.25) is 6.79 Å². The molecule has 0 atom stereocenters. The number of non-ortho nitro benzene ring substituents is 1. The van der Waals surface area contributed by atoms with Gasteiger partial charge in [0.25, 0.3) is 17.5 Å². The van der Waals surface area contributed by atoms with Crippen LogP contribution >= 0.6 is 11.6 Å². The van der Waals surface area contributed by atoms with Gasteiger partial charge in [0.15, 0.2) is 11.5 Å². The number of nitrogens with zero attached hydrogens (tertiary/aromatic N) is 2. The third kappa shape index (κ3) is 5.81. The highest BCUT2D eigenvalue weighted by Gasteiger charge is 2.17. The molecule has 10 nitrogen and oxygen atoms in total. The van der Waals surface area contributed by atoms with Gasteiger partial charge >= 0.3 is 0 Å². The van der Waals surface area contributed by atoms with E-state index < -0.39 is 16.7 Å². The fourth-order valence-corrected chi connectivity index (χ4v) is 3.26. The first-order valence-corrected chi connectivity index (χ1v) is 10.5. The van der Waals surface area contributed by atoms with Crippen LogP contribution in [0.15, 0.2) is 77.5 Å². The van der Waals surface area contributed by atoms with Crippen molar-refractivity contribution >= 4 is 41.4 Å². The van der Waals surface area contributed by atoms with Crippen molar-refractivity contribution in [3.05, 3.63) is 104 Å². The number of nitrogens with one attached hydrogen (secondary N) is 2. The number of rotatable bonds is 7. The Labute approximate surface area is 204 Å². The number of carbonyl (C=O) groups is 2. The molecular weight excluding hydrogens is 476 g/mol. The van der Waals surface area contributed by atoms with E-state index >= 15 is 0 Å². The summed E-state index contributed by atoms with van der Waals surface area (Å²) in [7, 11) is 0. The normalized spacial score (nSPS) is 12.4. The number of fused-ring (bicyclic) bond motifs is 1. The van der Waals surface area contributed by atoms with Crippen LogP contribution in [-0.2, 0) is 4.79 Å². The number of hydrogen-bond acceptors (Lipinski definition) is 7. The lowest BCUT2D eigenvalue weighted by Crippen LogP contribution is -2.32. The van der Waals surface area contributed by atoms with Crippen LogP contribution < -0.4 is 20.2 Å². The van der Waals surface area contributed by atoms with E-state index in [1.165, 1.54) is 36.6 Å². The Morgan fingerprint density at radius 1 is 1.03 bits per heavy atom. The maximum absolute atomic E-state index is 12.9. The van der Waals surface area contributed by atoms with E-state index in [0.717, 1.165) is 0 Å². The van der Waals surface area contributed by atoms with E-state index in [4.69, 9.17) is 21.1 Å². The van der Waals surface area contributed by atoms with Gasteiger partial charge in [-0.05, 0) is 42.0 Å². The molecule has 2 amide bonds. The van der Waals surface area contributed by atoms with Gasteiger partial charge in [-0.15, -0.1) is 0 Å². The van der Waals surface area contributed by atoms with E-state index in [1.807, 2.05) is 0 Å². The predicted molar refractivity (Wildman–Crippen MR) is 128 cm³/mol. The Balaban J connectivity index is 1.55. The monoisotopic (exact) mass is 492 g/mol. The second-order valence-electron chi connectivity index (χ2n) is 7.15. The number of nitro groups is 1. The zero-order chi connectivity index (χ0) is 24.8. The van der Waals surface area contributed by atoms with Gasteiger partial charge in [-0.2, -0.15) is 5.10 Å². The Kier molecular flexibility index (Phi) is 7.03. The first-order chi connectivity index (χ1) is 16.9. The maximum Gasteiger partial charge on any atom is 0.287 e. The van der Waals surface area contributed by atoms with Crippen LogP contribution in [0.3, 0.4) is 0 Å². The third-order valence-electron chi connectivity index (χ3n) is 4.81. The molecular formula is C24H17ClN4O6. The summed E-state index contributed by atoms with van der Waals surface area (Å²) < 4.78 is 10.6. The van der Waals surface area contributed by atoms with E-state index in [1.54, 1.807) is 42.5 Å². The van der Waals surface area contributed by atoms with Crippen molar-refractivity contribution < 1.29 is 24.0 Å². The number of ether oxygens (including phenoxy) is 2. The Morgan fingerprint density at radius 2 is 1.71 bits per heavy atom. The molecule has 4 rings (SSSR count). The number of carbonyl (C=O) groups excluding carboxylic acids is 2. The number of hydrogen-bond donors (Lipinski definition) is 2. The van der Waals surface area contributed by atoms with Gasteiger partial charge < -0.3 is 14.8 Å². The number of amides is 2. The van der Waals surface area contributed by atoms with E-state index in [-0.39, 0.29) is 18.2 Å². The standard InChI is InChI=1S/C24H17ClN4O6/c25-19-12-22-21(34-14-35-22)11-17(19)13-26-28-24(31)20(27-23(30)16-4-2-1-3-5-16)10-15-6-8-18(9-7-15)29(32)33/h1-13H,14H2,(H,27,30)(H,28,31). The molecule has 0 unspecified atom stereocenters. The topological polar surface area (TPSA) is 132 Å². The van der Waals surface area contributed by atoms with Gasteiger partial charge in [0.1, 0.15) is 5.70 Å². The summed E-state index contributed by atoms with van der Waals surface area (Å²) in [5, 5.41) is 17.7. The summed E-state index contributed by atoms with van der Waals surface area (Å²) >= 11 is 6.21. The SMILES string of the molecule is O=C(NN=Cc1cc2c(cc1Cl)OCO2)C(=Cc1ccc([N+](=O)[O-])cc1)NC(=O)c1ccccc1. The lowest BCUT2D eigenvalue weighted by molar-refractivity contribution is -0.384. The molecule has 0 radical (unpaired) electrons. The summed E-state index contributed by atoms with van der Waals surface area (Å²) in [5.74, 6) is -0.235. The minimum atomic E-state index is -0.722. The number of benzene rings is 3. The molecule has 1 aliphatic heterocycles. The molecule has 0 spiro atoms. The average Bonchev–Trinajstić information content (AvgIpc) is 3.31. The number of halogens is 1. The maximum atomic E-state index is 12.9. The summed E-state index contributed by atoms with van der Waals surface area (Å²) in [6.45, 7) is 0.0842. The van der Waals surface area contributed by atoms with Crippen LogP contribution in [0.2, 0.25) is 5.02 Å². The molecule has 0 aliphatic carbocycles. The molecule has 2 N–H and O–H groups in total. The largest absolute Gasteiger partial charge is 0.454 e. The van der Waals surface area contributed by atoms with Gasteiger partial charge in [-0.25, -0.2) is 5.43 Å². The van der Waals surface area contributed by atoms with Crippen LogP contribution in [0.1, 0.15) is 21.5 Å². The van der Waals surface area contributed by atoms with Crippen molar-refractivity contribution in [2.24, 2.45) is 5.10 Å². The van der Waals surface area contributed by atoms with Crippen LogP contribution in [0, 0.1) is 10.1 Å². The van der Waals surface area contributed by atoms with Gasteiger partial charge in [0, 0.05) is 29.3 Å². The molecule has 1 aliphatic rings. The first kappa shape index (κ1) is 23.5. The predicted octanol–water partition coefficient (Wildman–Crippen LogP) is 3.90. The van der Waals surface area contributed by atoms with Crippen LogP contribution in [-0.4, -0.2) is 29.7 Å². The lowest BCUT2D eigenvalue weighted by Gasteiger charge is -2.09. The highest BCUT2D eigenvalue weighted by atomic mass is 35.5. The average molecular weight is 493 g/mol. The van der Waals surface area contributed by atoms with Crippen LogP contribution in [0.25, 0.3) is 6.08 Å². The molecule has 3 aromatic carbocycles. The zero-order valence-electron chi connectivity index (χ0n) is 17.9. The van der Waals surface area contributed by atoms with E-state index in [0.29, 0.717) is 33.2 Å². The van der Waals surface area contributed by atoms with E-state index in [9.17, 15) is 19.7 Å². The highest BCUT2D eigenvalue weighted by molar-refractivity contribution is 6.33. The Morgan fingerprint density at radius 3 is 2.40 bits per heavy atom. The molecule has 35 heavy (non-hydrogen) atoms. The Hall–Kier alpha value is -4.70. The highest BCUT2D eigenvalue weighted by Crippen LogP contribution is 2.36. The lowest BCUT2D eigenvalue weighted by atomic mass is 10.1. The molecule has 11 heteroatoms. The summed E-state index contributed by atoms with van der Waals surface area (Å²) in [6, 6.07) is 17.0. The van der Waals surface area contributed by atoms with Gasteiger partial charge in [-0.1, -0.05) is 29.8 Å². The van der Waals surface area contributed by atoms with Crippen LogP contribution in [0.5, 0.6) is 11.5 Å². The van der Waals surface area contributed by atoms with Crippen molar-refractivity contribution in [3.63, 3.8) is 0 Å². The van der Waals surface area contributed by atoms with Gasteiger partial charge in [0.05, 0.1) is 16.2 Å². The second kappa shape index (κ2) is 10.5. The van der Waals surface area contributed by atoms with Crippen molar-refractivity contribution in [1.29, 1.82) is 0 Å². The molecule has 0 saturated heterocycles. The zero-order valence-corrected chi connectivity index (χ0v) is 18.7. The first-order valence-electron chi connectivity index (χ1n) is 10.2. The van der Waals surface area contributed by atoms with Crippen molar-refractivity contribution in [1.82, 2.24) is 10.7 Å². The van der Waals surface area contributed by atoms with Crippen LogP contribution in [0.4, 0.5) is 5.69 Å². The van der Waals surface area contributed by atoms with Crippen molar-refractivity contribution in [2.45, 2.75) is 0 Å². The summed E-state index contributed by atoms with van der Waals surface area (Å²) in [5.41, 5.74) is 3.38. The second-order valence-corrected chi connectivity index (χ2v) is 7.56. The quantitative estimate of drug-likeness (QED) is 0.222. The Bertz CT molecular complexity index is 1340.